The molecule has 2 N–H and O–H groups in total. The van der Waals surface area contributed by atoms with E-state index in [1.165, 1.54) is 5.56 Å². The molecule has 0 radical (unpaired) electrons. The monoisotopic (exact) mass is 383 g/mol. The Balaban J connectivity index is 2.51. The number of aryl methyl sites for hydroxylation is 1. The molecule has 1 unspecified atom stereocenters. The van der Waals surface area contributed by atoms with Crippen molar-refractivity contribution in [2.75, 3.05) is 7.11 Å². The number of hydrogen-bond acceptors (Lipinski definition) is 2. The first-order chi connectivity index (χ1) is 9.02. The Morgan fingerprint density at radius 3 is 2.47 bits per heavy atom. The van der Waals surface area contributed by atoms with Crippen LogP contribution < -0.4 is 10.5 Å². The predicted molar refractivity (Wildman–Crippen MR) is 85.6 cm³/mol. The zero-order valence-electron chi connectivity index (χ0n) is 10.8. The van der Waals surface area contributed by atoms with Crippen LogP contribution in [-0.2, 0) is 0 Å². The summed E-state index contributed by atoms with van der Waals surface area (Å²) in [5.41, 5.74) is 9.60. The second-order valence-corrected chi connectivity index (χ2v) is 6.16. The molecule has 0 aliphatic carbocycles. The standard InChI is InChI=1S/C15H15Br2NO/c1-9-3-5-13(17)11(7-9)15(18)12-8-10(16)4-6-14(12)19-2/h3-8,15H,18H2,1-2H3. The van der Waals surface area contributed by atoms with E-state index in [1.807, 2.05) is 24.3 Å². The van der Waals surface area contributed by atoms with Crippen molar-refractivity contribution in [3.05, 3.63) is 62.0 Å². The topological polar surface area (TPSA) is 35.2 Å². The molecule has 0 amide bonds. The first-order valence-corrected chi connectivity index (χ1v) is 7.46. The number of benzene rings is 2. The third-order valence-electron chi connectivity index (χ3n) is 3.01. The Labute approximate surface area is 130 Å². The summed E-state index contributed by atoms with van der Waals surface area (Å²) in [5.74, 6) is 0.795. The Kier molecular flexibility index (Phi) is 4.66. The van der Waals surface area contributed by atoms with Crippen LogP contribution in [0.2, 0.25) is 0 Å². The highest BCUT2D eigenvalue weighted by atomic mass is 79.9. The smallest absolute Gasteiger partial charge is 0.124 e. The van der Waals surface area contributed by atoms with Crippen molar-refractivity contribution in [3.63, 3.8) is 0 Å². The maximum absolute atomic E-state index is 6.40. The highest BCUT2D eigenvalue weighted by molar-refractivity contribution is 9.10. The fourth-order valence-electron chi connectivity index (χ4n) is 2.02. The van der Waals surface area contributed by atoms with Gasteiger partial charge in [-0.05, 0) is 36.8 Å². The van der Waals surface area contributed by atoms with Gasteiger partial charge in [0.15, 0.2) is 0 Å². The van der Waals surface area contributed by atoms with Gasteiger partial charge >= 0.3 is 0 Å². The fourth-order valence-corrected chi connectivity index (χ4v) is 2.89. The van der Waals surface area contributed by atoms with Gasteiger partial charge in [-0.2, -0.15) is 0 Å². The van der Waals surface area contributed by atoms with Gasteiger partial charge in [-0.15, -0.1) is 0 Å². The molecule has 0 saturated carbocycles. The molecule has 4 heteroatoms. The summed E-state index contributed by atoms with van der Waals surface area (Å²) in [6, 6.07) is 11.8. The molecule has 2 nitrogen and oxygen atoms in total. The van der Waals surface area contributed by atoms with Gasteiger partial charge in [-0.3, -0.25) is 0 Å². The molecular formula is C15H15Br2NO. The second-order valence-electron chi connectivity index (χ2n) is 4.39. The molecule has 0 bridgehead atoms. The summed E-state index contributed by atoms with van der Waals surface area (Å²) in [5, 5.41) is 0. The summed E-state index contributed by atoms with van der Waals surface area (Å²) in [4.78, 5) is 0. The third-order valence-corrected chi connectivity index (χ3v) is 4.23. The molecule has 0 aliphatic heterocycles. The summed E-state index contributed by atoms with van der Waals surface area (Å²) < 4.78 is 7.39. The van der Waals surface area contributed by atoms with E-state index in [0.717, 1.165) is 25.8 Å². The van der Waals surface area contributed by atoms with Crippen LogP contribution >= 0.6 is 31.9 Å². The Morgan fingerprint density at radius 1 is 1.05 bits per heavy atom. The molecular weight excluding hydrogens is 370 g/mol. The van der Waals surface area contributed by atoms with Crippen molar-refractivity contribution in [2.45, 2.75) is 13.0 Å². The van der Waals surface area contributed by atoms with E-state index >= 15 is 0 Å². The Morgan fingerprint density at radius 2 is 1.79 bits per heavy atom. The molecule has 2 aromatic rings. The van der Waals surface area contributed by atoms with Gasteiger partial charge in [0, 0.05) is 14.5 Å². The molecule has 0 spiro atoms. The van der Waals surface area contributed by atoms with Gasteiger partial charge < -0.3 is 10.5 Å². The quantitative estimate of drug-likeness (QED) is 0.840. The van der Waals surface area contributed by atoms with Gasteiger partial charge in [0.05, 0.1) is 13.2 Å². The van der Waals surface area contributed by atoms with Crippen LogP contribution in [0.1, 0.15) is 22.7 Å². The fraction of sp³-hybridized carbons (Fsp3) is 0.200. The molecule has 0 aromatic heterocycles. The van der Waals surface area contributed by atoms with Crippen molar-refractivity contribution in [3.8, 4) is 5.75 Å². The summed E-state index contributed by atoms with van der Waals surface area (Å²) in [6.07, 6.45) is 0. The van der Waals surface area contributed by atoms with E-state index in [-0.39, 0.29) is 6.04 Å². The van der Waals surface area contributed by atoms with E-state index in [4.69, 9.17) is 10.5 Å². The summed E-state index contributed by atoms with van der Waals surface area (Å²) in [6.45, 7) is 2.06. The van der Waals surface area contributed by atoms with Crippen LogP contribution in [0.4, 0.5) is 0 Å². The number of rotatable bonds is 3. The molecule has 2 aromatic carbocycles. The maximum atomic E-state index is 6.40. The molecule has 1 atom stereocenters. The van der Waals surface area contributed by atoms with E-state index in [2.05, 4.69) is 50.9 Å². The number of nitrogens with two attached hydrogens (primary N) is 1. The van der Waals surface area contributed by atoms with E-state index in [1.54, 1.807) is 7.11 Å². The van der Waals surface area contributed by atoms with Crippen molar-refractivity contribution in [1.29, 1.82) is 0 Å². The van der Waals surface area contributed by atoms with Gasteiger partial charge in [-0.1, -0.05) is 49.6 Å². The van der Waals surface area contributed by atoms with Crippen molar-refractivity contribution >= 4 is 31.9 Å². The molecule has 100 valence electrons. The first kappa shape index (κ1) is 14.6. The average molecular weight is 385 g/mol. The lowest BCUT2D eigenvalue weighted by molar-refractivity contribution is 0.407. The lowest BCUT2D eigenvalue weighted by Gasteiger charge is -2.18. The van der Waals surface area contributed by atoms with Crippen LogP contribution in [0, 0.1) is 6.92 Å². The van der Waals surface area contributed by atoms with Crippen molar-refractivity contribution in [1.82, 2.24) is 0 Å². The van der Waals surface area contributed by atoms with Crippen LogP contribution in [0.15, 0.2) is 45.3 Å². The molecule has 0 aliphatic rings. The van der Waals surface area contributed by atoms with Crippen molar-refractivity contribution in [2.24, 2.45) is 5.73 Å². The molecule has 2 rings (SSSR count). The zero-order valence-corrected chi connectivity index (χ0v) is 14.0. The third kappa shape index (κ3) is 3.19. The lowest BCUT2D eigenvalue weighted by atomic mass is 9.97. The van der Waals surface area contributed by atoms with Crippen LogP contribution in [-0.4, -0.2) is 7.11 Å². The zero-order chi connectivity index (χ0) is 14.0. The Bertz CT molecular complexity index is 599. The number of methoxy groups -OCH3 is 1. The SMILES string of the molecule is COc1ccc(Br)cc1C(N)c1cc(C)ccc1Br. The highest BCUT2D eigenvalue weighted by Gasteiger charge is 2.17. The Hall–Kier alpha value is -0.840. The second kappa shape index (κ2) is 6.07. The van der Waals surface area contributed by atoms with Crippen molar-refractivity contribution < 1.29 is 4.74 Å². The van der Waals surface area contributed by atoms with Crippen LogP contribution in [0.5, 0.6) is 5.75 Å². The van der Waals surface area contributed by atoms with Gasteiger partial charge in [0.25, 0.3) is 0 Å². The number of halogens is 2. The minimum Gasteiger partial charge on any atom is -0.496 e. The number of ether oxygens (including phenoxy) is 1. The van der Waals surface area contributed by atoms with Crippen LogP contribution in [0.25, 0.3) is 0 Å². The van der Waals surface area contributed by atoms with E-state index < -0.39 is 0 Å². The summed E-state index contributed by atoms with van der Waals surface area (Å²) >= 11 is 7.04. The van der Waals surface area contributed by atoms with Gasteiger partial charge in [0.2, 0.25) is 0 Å². The predicted octanol–water partition coefficient (Wildman–Crippen LogP) is 4.58. The maximum Gasteiger partial charge on any atom is 0.124 e. The minimum atomic E-state index is -0.235. The largest absolute Gasteiger partial charge is 0.496 e. The molecule has 0 saturated heterocycles. The highest BCUT2D eigenvalue weighted by Crippen LogP contribution is 2.34. The summed E-state index contributed by atoms with van der Waals surface area (Å²) in [7, 11) is 1.66. The minimum absolute atomic E-state index is 0.235. The molecule has 19 heavy (non-hydrogen) atoms. The van der Waals surface area contributed by atoms with Gasteiger partial charge in [0.1, 0.15) is 5.75 Å². The number of hydrogen-bond donors (Lipinski definition) is 1. The van der Waals surface area contributed by atoms with E-state index in [9.17, 15) is 0 Å². The van der Waals surface area contributed by atoms with Gasteiger partial charge in [-0.25, -0.2) is 0 Å². The lowest BCUT2D eigenvalue weighted by Crippen LogP contribution is -2.14. The molecule has 0 heterocycles. The normalized spacial score (nSPS) is 12.3. The van der Waals surface area contributed by atoms with Crippen LogP contribution in [0.3, 0.4) is 0 Å². The molecule has 0 fully saturated rings. The average Bonchev–Trinajstić information content (AvgIpc) is 2.40. The van der Waals surface area contributed by atoms with E-state index in [0.29, 0.717) is 0 Å². The first-order valence-electron chi connectivity index (χ1n) is 5.88.